The minimum atomic E-state index is -0.335. The van der Waals surface area contributed by atoms with Crippen molar-refractivity contribution in [1.29, 1.82) is 0 Å². The van der Waals surface area contributed by atoms with Crippen molar-refractivity contribution < 1.29 is 9.53 Å². The van der Waals surface area contributed by atoms with Crippen LogP contribution >= 0.6 is 0 Å². The van der Waals surface area contributed by atoms with Gasteiger partial charge in [0.25, 0.3) is 0 Å². The number of aromatic nitrogens is 2. The maximum absolute atomic E-state index is 12.7. The molecule has 1 atom stereocenters. The molecule has 1 aromatic heterocycles. The Labute approximate surface area is 145 Å². The van der Waals surface area contributed by atoms with E-state index in [1.165, 1.54) is 0 Å². The maximum atomic E-state index is 12.7. The van der Waals surface area contributed by atoms with E-state index in [1.807, 2.05) is 50.4 Å². The van der Waals surface area contributed by atoms with E-state index in [2.05, 4.69) is 24.3 Å². The topological polar surface area (TPSA) is 59.4 Å². The van der Waals surface area contributed by atoms with Gasteiger partial charge in [-0.05, 0) is 39.7 Å². The molecular weight excluding hydrogens is 304 g/mol. The van der Waals surface area contributed by atoms with Gasteiger partial charge in [-0.15, -0.1) is 0 Å². The maximum Gasteiger partial charge on any atom is 0.317 e. The third kappa shape index (κ3) is 4.50. The summed E-state index contributed by atoms with van der Waals surface area (Å²) in [5.41, 5.74) is 0.477. The summed E-state index contributed by atoms with van der Waals surface area (Å²) in [6.07, 6.45) is 1.81. The SMILES string of the molecule is CC(C)[C@H](CNC(=O)N1CC(C)(C)OC(C)(C)C1)c1ccnn1C. The first-order chi connectivity index (χ1) is 11.0. The predicted molar refractivity (Wildman–Crippen MR) is 95.0 cm³/mol. The molecule has 0 unspecified atom stereocenters. The minimum Gasteiger partial charge on any atom is -0.366 e. The number of rotatable bonds is 4. The zero-order chi connectivity index (χ0) is 18.1. The number of amides is 2. The van der Waals surface area contributed by atoms with E-state index < -0.39 is 0 Å². The zero-order valence-corrected chi connectivity index (χ0v) is 16.1. The molecule has 1 aliphatic rings. The molecule has 1 saturated heterocycles. The van der Waals surface area contributed by atoms with Gasteiger partial charge in [0, 0.05) is 31.4 Å². The molecule has 0 aromatic carbocycles. The number of carbonyl (C=O) groups excluding carboxylic acids is 1. The number of hydrogen-bond acceptors (Lipinski definition) is 3. The fourth-order valence-corrected chi connectivity index (χ4v) is 3.67. The Morgan fingerprint density at radius 2 is 1.88 bits per heavy atom. The highest BCUT2D eigenvalue weighted by Gasteiger charge is 2.40. The van der Waals surface area contributed by atoms with Gasteiger partial charge in [-0.3, -0.25) is 4.68 Å². The van der Waals surface area contributed by atoms with Gasteiger partial charge in [0.2, 0.25) is 0 Å². The number of morpholine rings is 1. The number of nitrogens with zero attached hydrogens (tertiary/aromatic N) is 3. The fourth-order valence-electron chi connectivity index (χ4n) is 3.67. The predicted octanol–water partition coefficient (Wildman–Crippen LogP) is 2.76. The van der Waals surface area contributed by atoms with Crippen molar-refractivity contribution in [3.05, 3.63) is 18.0 Å². The van der Waals surface area contributed by atoms with E-state index in [1.54, 1.807) is 6.20 Å². The van der Waals surface area contributed by atoms with Crippen LogP contribution in [0.15, 0.2) is 12.3 Å². The molecule has 2 heterocycles. The molecule has 0 radical (unpaired) electrons. The van der Waals surface area contributed by atoms with Gasteiger partial charge >= 0.3 is 6.03 Å². The molecule has 1 fully saturated rings. The molecule has 0 aliphatic carbocycles. The summed E-state index contributed by atoms with van der Waals surface area (Å²) >= 11 is 0. The highest BCUT2D eigenvalue weighted by molar-refractivity contribution is 5.74. The lowest BCUT2D eigenvalue weighted by atomic mass is 9.92. The summed E-state index contributed by atoms with van der Waals surface area (Å²) in [7, 11) is 1.94. The Balaban J connectivity index is 2.02. The van der Waals surface area contributed by atoms with Crippen molar-refractivity contribution in [3.8, 4) is 0 Å². The molecule has 2 amide bonds. The van der Waals surface area contributed by atoms with Gasteiger partial charge < -0.3 is 15.0 Å². The van der Waals surface area contributed by atoms with Gasteiger partial charge in [-0.2, -0.15) is 5.10 Å². The normalized spacial score (nSPS) is 20.9. The van der Waals surface area contributed by atoms with Crippen LogP contribution in [0.1, 0.15) is 53.2 Å². The van der Waals surface area contributed by atoms with Crippen LogP contribution in [0.5, 0.6) is 0 Å². The smallest absolute Gasteiger partial charge is 0.317 e. The van der Waals surface area contributed by atoms with Crippen LogP contribution in [0.2, 0.25) is 0 Å². The second kappa shape index (κ2) is 6.75. The highest BCUT2D eigenvalue weighted by atomic mass is 16.5. The average Bonchev–Trinajstić information content (AvgIpc) is 2.81. The largest absolute Gasteiger partial charge is 0.366 e. The highest BCUT2D eigenvalue weighted by Crippen LogP contribution is 2.28. The third-order valence-corrected chi connectivity index (χ3v) is 4.50. The van der Waals surface area contributed by atoms with Crippen molar-refractivity contribution in [2.24, 2.45) is 13.0 Å². The number of aryl methyl sites for hydroxylation is 1. The second-order valence-corrected chi connectivity index (χ2v) is 8.39. The summed E-state index contributed by atoms with van der Waals surface area (Å²) < 4.78 is 7.93. The molecule has 1 aromatic rings. The Bertz CT molecular complexity index is 561. The van der Waals surface area contributed by atoms with E-state index in [0.29, 0.717) is 25.6 Å². The van der Waals surface area contributed by atoms with Crippen molar-refractivity contribution in [2.45, 2.75) is 58.7 Å². The van der Waals surface area contributed by atoms with Crippen molar-refractivity contribution in [3.63, 3.8) is 0 Å². The van der Waals surface area contributed by atoms with Crippen LogP contribution in [0.3, 0.4) is 0 Å². The van der Waals surface area contributed by atoms with Crippen LogP contribution < -0.4 is 5.32 Å². The standard InChI is InChI=1S/C18H32N4O2/c1-13(2)14(15-8-9-20-21(15)7)10-19-16(23)22-11-17(3,4)24-18(5,6)12-22/h8-9,13-14H,10-12H2,1-7H3,(H,19,23)/t14-/m0/s1. The number of urea groups is 1. The van der Waals surface area contributed by atoms with Gasteiger partial charge in [0.15, 0.2) is 0 Å². The van der Waals surface area contributed by atoms with Crippen LogP contribution in [0, 0.1) is 5.92 Å². The monoisotopic (exact) mass is 336 g/mol. The van der Waals surface area contributed by atoms with E-state index in [-0.39, 0.29) is 23.2 Å². The average molecular weight is 336 g/mol. The summed E-state index contributed by atoms with van der Waals surface area (Å²) in [4.78, 5) is 14.6. The molecule has 0 spiro atoms. The number of nitrogens with one attached hydrogen (secondary N) is 1. The summed E-state index contributed by atoms with van der Waals surface area (Å²) in [5, 5.41) is 7.37. The van der Waals surface area contributed by atoms with Gasteiger partial charge in [0.1, 0.15) is 0 Å². The van der Waals surface area contributed by atoms with Crippen LogP contribution in [0.4, 0.5) is 4.79 Å². The Kier molecular flexibility index (Phi) is 5.28. The Hall–Kier alpha value is -1.56. The van der Waals surface area contributed by atoms with E-state index in [0.717, 1.165) is 5.69 Å². The summed E-state index contributed by atoms with van der Waals surface area (Å²) in [6, 6.07) is 2.00. The number of hydrogen-bond donors (Lipinski definition) is 1. The second-order valence-electron chi connectivity index (χ2n) is 8.39. The molecule has 1 aliphatic heterocycles. The first kappa shape index (κ1) is 18.8. The lowest BCUT2D eigenvalue weighted by molar-refractivity contribution is -0.170. The molecule has 136 valence electrons. The Morgan fingerprint density at radius 1 is 1.29 bits per heavy atom. The Morgan fingerprint density at radius 3 is 2.33 bits per heavy atom. The van der Waals surface area contributed by atoms with E-state index in [4.69, 9.17) is 4.74 Å². The zero-order valence-electron chi connectivity index (χ0n) is 16.1. The van der Waals surface area contributed by atoms with Crippen molar-refractivity contribution in [2.75, 3.05) is 19.6 Å². The lowest BCUT2D eigenvalue weighted by Gasteiger charge is -2.47. The lowest BCUT2D eigenvalue weighted by Crippen LogP contribution is -2.60. The van der Waals surface area contributed by atoms with Gasteiger partial charge in [-0.1, -0.05) is 13.8 Å². The van der Waals surface area contributed by atoms with Crippen molar-refractivity contribution >= 4 is 6.03 Å². The van der Waals surface area contributed by atoms with Gasteiger partial charge in [-0.25, -0.2) is 4.79 Å². The third-order valence-electron chi connectivity index (χ3n) is 4.50. The number of ether oxygens (including phenoxy) is 1. The fraction of sp³-hybridized carbons (Fsp3) is 0.778. The molecular formula is C18H32N4O2. The minimum absolute atomic E-state index is 0.0210. The molecule has 1 N–H and O–H groups in total. The van der Waals surface area contributed by atoms with E-state index >= 15 is 0 Å². The van der Waals surface area contributed by atoms with E-state index in [9.17, 15) is 4.79 Å². The van der Waals surface area contributed by atoms with Crippen molar-refractivity contribution in [1.82, 2.24) is 20.0 Å². The molecule has 24 heavy (non-hydrogen) atoms. The first-order valence-electron chi connectivity index (χ1n) is 8.72. The van der Waals surface area contributed by atoms with Gasteiger partial charge in [0.05, 0.1) is 24.3 Å². The summed E-state index contributed by atoms with van der Waals surface area (Å²) in [6.45, 7) is 14.3. The molecule has 0 saturated carbocycles. The molecule has 6 nitrogen and oxygen atoms in total. The molecule has 2 rings (SSSR count). The summed E-state index contributed by atoms with van der Waals surface area (Å²) in [5.74, 6) is 0.654. The first-order valence-corrected chi connectivity index (χ1v) is 8.72. The van der Waals surface area contributed by atoms with Crippen LogP contribution in [-0.4, -0.2) is 51.5 Å². The van der Waals surface area contributed by atoms with Crippen LogP contribution in [0.25, 0.3) is 0 Å². The quantitative estimate of drug-likeness (QED) is 0.920. The molecule has 0 bridgehead atoms. The molecule has 6 heteroatoms. The van der Waals surface area contributed by atoms with Crippen LogP contribution in [-0.2, 0) is 11.8 Å². The number of carbonyl (C=O) groups is 1.